The SMILES string of the molecule is CN=C(NCc1cccc(N(C)C)c1)NCC(c1ccccc1OC)N1CCCC1.I. The van der Waals surface area contributed by atoms with Gasteiger partial charge in [-0.3, -0.25) is 9.89 Å². The molecule has 0 saturated carbocycles. The van der Waals surface area contributed by atoms with E-state index < -0.39 is 0 Å². The Balaban J connectivity index is 0.00000341. The first-order valence-electron chi connectivity index (χ1n) is 10.7. The van der Waals surface area contributed by atoms with Crippen LogP contribution in [-0.2, 0) is 6.54 Å². The summed E-state index contributed by atoms with van der Waals surface area (Å²) in [5.74, 6) is 1.75. The second kappa shape index (κ2) is 12.8. The number of rotatable bonds is 8. The third-order valence-corrected chi connectivity index (χ3v) is 5.65. The average Bonchev–Trinajstić information content (AvgIpc) is 3.31. The van der Waals surface area contributed by atoms with Crippen LogP contribution in [0, 0.1) is 0 Å². The minimum Gasteiger partial charge on any atom is -0.496 e. The topological polar surface area (TPSA) is 52.1 Å². The molecule has 170 valence electrons. The van der Waals surface area contributed by atoms with Crippen molar-refractivity contribution >= 4 is 35.6 Å². The standard InChI is InChI=1S/C24H35N5O.HI/c1-25-24(26-17-19-10-9-11-20(16-19)28(2)3)27-18-22(29-14-7-8-15-29)21-12-5-6-13-23(21)30-4;/h5-6,9-13,16,22H,7-8,14-15,17-18H2,1-4H3,(H2,25,26,27);1H. The van der Waals surface area contributed by atoms with E-state index in [-0.39, 0.29) is 30.0 Å². The molecule has 31 heavy (non-hydrogen) atoms. The lowest BCUT2D eigenvalue weighted by atomic mass is 10.0. The summed E-state index contributed by atoms with van der Waals surface area (Å²) >= 11 is 0. The Bertz CT molecular complexity index is 836. The number of nitrogens with one attached hydrogen (secondary N) is 2. The van der Waals surface area contributed by atoms with Crippen molar-refractivity contribution in [2.24, 2.45) is 4.99 Å². The summed E-state index contributed by atoms with van der Waals surface area (Å²) in [4.78, 5) is 9.09. The molecular formula is C24H36IN5O. The monoisotopic (exact) mass is 537 g/mol. The molecule has 1 aliphatic heterocycles. The molecule has 0 aromatic heterocycles. The van der Waals surface area contributed by atoms with E-state index in [1.54, 1.807) is 7.11 Å². The molecule has 1 unspecified atom stereocenters. The van der Waals surface area contributed by atoms with E-state index in [1.165, 1.54) is 29.7 Å². The Morgan fingerprint density at radius 1 is 1.10 bits per heavy atom. The largest absolute Gasteiger partial charge is 0.496 e. The van der Waals surface area contributed by atoms with Crippen LogP contribution in [0.1, 0.15) is 30.0 Å². The smallest absolute Gasteiger partial charge is 0.191 e. The van der Waals surface area contributed by atoms with Crippen LogP contribution in [0.5, 0.6) is 5.75 Å². The van der Waals surface area contributed by atoms with Gasteiger partial charge in [-0.25, -0.2) is 0 Å². The van der Waals surface area contributed by atoms with Crippen molar-refractivity contribution in [3.8, 4) is 5.75 Å². The zero-order valence-electron chi connectivity index (χ0n) is 19.1. The summed E-state index contributed by atoms with van der Waals surface area (Å²) in [5, 5.41) is 6.98. The molecule has 1 saturated heterocycles. The van der Waals surface area contributed by atoms with Crippen LogP contribution in [0.4, 0.5) is 5.69 Å². The van der Waals surface area contributed by atoms with Crippen LogP contribution in [0.3, 0.4) is 0 Å². The maximum absolute atomic E-state index is 5.65. The van der Waals surface area contributed by atoms with Crippen molar-refractivity contribution in [1.29, 1.82) is 0 Å². The van der Waals surface area contributed by atoms with E-state index in [9.17, 15) is 0 Å². The minimum absolute atomic E-state index is 0. The van der Waals surface area contributed by atoms with Gasteiger partial charge in [0.1, 0.15) is 5.75 Å². The number of hydrogen-bond acceptors (Lipinski definition) is 4. The molecule has 3 rings (SSSR count). The third-order valence-electron chi connectivity index (χ3n) is 5.65. The van der Waals surface area contributed by atoms with Crippen molar-refractivity contribution in [3.05, 3.63) is 59.7 Å². The summed E-state index contributed by atoms with van der Waals surface area (Å²) in [6, 6.07) is 17.1. The van der Waals surface area contributed by atoms with Gasteiger partial charge in [0.25, 0.3) is 0 Å². The Hall–Kier alpha value is -2.00. The number of guanidine groups is 1. The van der Waals surface area contributed by atoms with Gasteiger partial charge >= 0.3 is 0 Å². The number of ether oxygens (including phenoxy) is 1. The van der Waals surface area contributed by atoms with Crippen LogP contribution in [-0.4, -0.2) is 58.7 Å². The van der Waals surface area contributed by atoms with E-state index in [1.807, 2.05) is 19.2 Å². The van der Waals surface area contributed by atoms with Crippen LogP contribution < -0.4 is 20.3 Å². The van der Waals surface area contributed by atoms with E-state index in [4.69, 9.17) is 4.74 Å². The first-order chi connectivity index (χ1) is 14.6. The second-order valence-electron chi connectivity index (χ2n) is 7.87. The molecule has 0 aliphatic carbocycles. The fraction of sp³-hybridized carbons (Fsp3) is 0.458. The molecule has 0 spiro atoms. The summed E-state index contributed by atoms with van der Waals surface area (Å²) in [7, 11) is 7.68. The highest BCUT2D eigenvalue weighted by Gasteiger charge is 2.26. The van der Waals surface area contributed by atoms with Gasteiger partial charge in [0, 0.05) is 45.5 Å². The van der Waals surface area contributed by atoms with Gasteiger partial charge < -0.3 is 20.3 Å². The number of nitrogens with zero attached hydrogens (tertiary/aromatic N) is 3. The minimum atomic E-state index is 0. The molecule has 2 aromatic carbocycles. The molecule has 2 N–H and O–H groups in total. The van der Waals surface area contributed by atoms with Crippen molar-refractivity contribution < 1.29 is 4.74 Å². The van der Waals surface area contributed by atoms with Gasteiger partial charge in [-0.2, -0.15) is 0 Å². The Morgan fingerprint density at radius 2 is 1.84 bits per heavy atom. The Morgan fingerprint density at radius 3 is 2.52 bits per heavy atom. The molecular weight excluding hydrogens is 501 g/mol. The van der Waals surface area contributed by atoms with E-state index in [2.05, 4.69) is 75.9 Å². The predicted molar refractivity (Wildman–Crippen MR) is 141 cm³/mol. The maximum atomic E-state index is 5.65. The van der Waals surface area contributed by atoms with Crippen molar-refractivity contribution in [3.63, 3.8) is 0 Å². The van der Waals surface area contributed by atoms with E-state index >= 15 is 0 Å². The van der Waals surface area contributed by atoms with E-state index in [0.717, 1.165) is 37.9 Å². The number of hydrogen-bond donors (Lipinski definition) is 2. The fourth-order valence-corrected chi connectivity index (χ4v) is 3.98. The van der Waals surface area contributed by atoms with Gasteiger partial charge in [-0.15, -0.1) is 24.0 Å². The fourth-order valence-electron chi connectivity index (χ4n) is 3.98. The predicted octanol–water partition coefficient (Wildman–Crippen LogP) is 3.88. The highest BCUT2D eigenvalue weighted by molar-refractivity contribution is 14.0. The van der Waals surface area contributed by atoms with Gasteiger partial charge in [0.15, 0.2) is 5.96 Å². The number of para-hydroxylation sites is 1. The first kappa shape index (κ1) is 25.3. The molecule has 1 atom stereocenters. The quantitative estimate of drug-likeness (QED) is 0.304. The lowest BCUT2D eigenvalue weighted by molar-refractivity contribution is 0.239. The lowest BCUT2D eigenvalue weighted by Crippen LogP contribution is -2.42. The van der Waals surface area contributed by atoms with Crippen LogP contribution in [0.25, 0.3) is 0 Å². The highest BCUT2D eigenvalue weighted by atomic mass is 127. The lowest BCUT2D eigenvalue weighted by Gasteiger charge is -2.30. The first-order valence-corrected chi connectivity index (χ1v) is 10.7. The Labute approximate surface area is 204 Å². The van der Waals surface area contributed by atoms with Crippen LogP contribution in [0.2, 0.25) is 0 Å². The maximum Gasteiger partial charge on any atom is 0.191 e. The van der Waals surface area contributed by atoms with Crippen LogP contribution in [0.15, 0.2) is 53.5 Å². The zero-order valence-corrected chi connectivity index (χ0v) is 21.4. The van der Waals surface area contributed by atoms with Gasteiger partial charge in [-0.05, 0) is 49.7 Å². The molecule has 1 heterocycles. The molecule has 6 nitrogen and oxygen atoms in total. The molecule has 0 amide bonds. The van der Waals surface area contributed by atoms with Crippen molar-refractivity contribution in [2.75, 3.05) is 52.8 Å². The molecule has 0 bridgehead atoms. The zero-order chi connectivity index (χ0) is 21.3. The normalized spacial score (nSPS) is 15.2. The molecule has 0 radical (unpaired) electrons. The van der Waals surface area contributed by atoms with Crippen molar-refractivity contribution in [1.82, 2.24) is 15.5 Å². The van der Waals surface area contributed by atoms with Gasteiger partial charge in [0.2, 0.25) is 0 Å². The van der Waals surface area contributed by atoms with E-state index in [0.29, 0.717) is 0 Å². The Kier molecular flexibility index (Phi) is 10.4. The highest BCUT2D eigenvalue weighted by Crippen LogP contribution is 2.31. The summed E-state index contributed by atoms with van der Waals surface area (Å²) in [6.07, 6.45) is 2.50. The average molecular weight is 537 g/mol. The number of likely N-dealkylation sites (tertiary alicyclic amines) is 1. The molecule has 1 fully saturated rings. The van der Waals surface area contributed by atoms with Crippen molar-refractivity contribution in [2.45, 2.75) is 25.4 Å². The number of methoxy groups -OCH3 is 1. The van der Waals surface area contributed by atoms with Gasteiger partial charge in [0.05, 0.1) is 13.2 Å². The molecule has 1 aliphatic rings. The number of anilines is 1. The van der Waals surface area contributed by atoms with Crippen LogP contribution >= 0.6 is 24.0 Å². The second-order valence-corrected chi connectivity index (χ2v) is 7.87. The molecule has 7 heteroatoms. The number of halogens is 1. The summed E-state index contributed by atoms with van der Waals surface area (Å²) in [5.41, 5.74) is 3.65. The summed E-state index contributed by atoms with van der Waals surface area (Å²) < 4.78 is 5.65. The third kappa shape index (κ3) is 7.00. The number of benzene rings is 2. The summed E-state index contributed by atoms with van der Waals surface area (Å²) in [6.45, 7) is 3.74. The molecule has 2 aromatic rings. The van der Waals surface area contributed by atoms with Gasteiger partial charge in [-0.1, -0.05) is 30.3 Å². The number of aliphatic imine (C=N–C) groups is 1.